The third-order valence-corrected chi connectivity index (χ3v) is 5.17. The number of ether oxygens (including phenoxy) is 1. The van der Waals surface area contributed by atoms with Crippen LogP contribution in [0.2, 0.25) is 0 Å². The zero-order valence-electron chi connectivity index (χ0n) is 16.4. The summed E-state index contributed by atoms with van der Waals surface area (Å²) >= 11 is 0. The van der Waals surface area contributed by atoms with Crippen LogP contribution in [0.1, 0.15) is 63.0 Å². The number of furan rings is 1. The van der Waals surface area contributed by atoms with Crippen LogP contribution in [0.25, 0.3) is 0 Å². The van der Waals surface area contributed by atoms with Gasteiger partial charge in [-0.1, -0.05) is 12.8 Å². The molecule has 0 unspecified atom stereocenters. The molecule has 0 aromatic carbocycles. The van der Waals surface area contributed by atoms with Crippen LogP contribution < -0.4 is 10.6 Å². The minimum atomic E-state index is 0.355. The van der Waals surface area contributed by atoms with Crippen molar-refractivity contribution in [1.29, 1.82) is 0 Å². The normalized spacial score (nSPS) is 17.0. The van der Waals surface area contributed by atoms with E-state index in [0.29, 0.717) is 12.0 Å². The summed E-state index contributed by atoms with van der Waals surface area (Å²) in [7, 11) is 0. The number of nitrogens with zero attached hydrogens (tertiary/aromatic N) is 1. The topological polar surface area (TPSA) is 58.8 Å². The molecule has 0 aliphatic heterocycles. The van der Waals surface area contributed by atoms with Gasteiger partial charge in [0.1, 0.15) is 11.5 Å². The average molecular weight is 350 g/mol. The second kappa shape index (κ2) is 9.85. The van der Waals surface area contributed by atoms with E-state index in [9.17, 15) is 0 Å². The Morgan fingerprint density at radius 1 is 1.24 bits per heavy atom. The molecule has 0 radical (unpaired) electrons. The number of hydrogen-bond acceptors (Lipinski definition) is 3. The fourth-order valence-electron chi connectivity index (χ4n) is 3.69. The molecule has 2 N–H and O–H groups in total. The summed E-state index contributed by atoms with van der Waals surface area (Å²) in [5, 5.41) is 6.94. The van der Waals surface area contributed by atoms with E-state index in [-0.39, 0.29) is 0 Å². The molecule has 1 aromatic rings. The minimum absolute atomic E-state index is 0.355. The van der Waals surface area contributed by atoms with Gasteiger partial charge in [0.2, 0.25) is 0 Å². The predicted molar refractivity (Wildman–Crippen MR) is 103 cm³/mol. The summed E-state index contributed by atoms with van der Waals surface area (Å²) in [6, 6.07) is 2.07. The fourth-order valence-corrected chi connectivity index (χ4v) is 3.69. The van der Waals surface area contributed by atoms with Crippen LogP contribution in [0.4, 0.5) is 0 Å². The fraction of sp³-hybridized carbons (Fsp3) is 0.750. The molecule has 1 aliphatic rings. The van der Waals surface area contributed by atoms with E-state index in [1.165, 1.54) is 25.7 Å². The van der Waals surface area contributed by atoms with E-state index in [4.69, 9.17) is 14.1 Å². The SMILES string of the molecule is CCNC(=NCc1cc(C)oc1C)NCC1(CCOCC)CCCC1. The van der Waals surface area contributed by atoms with Crippen molar-refractivity contribution in [3.05, 3.63) is 23.2 Å². The van der Waals surface area contributed by atoms with Gasteiger partial charge in [0.05, 0.1) is 6.54 Å². The highest BCUT2D eigenvalue weighted by Gasteiger charge is 2.33. The molecule has 0 spiro atoms. The van der Waals surface area contributed by atoms with Crippen LogP contribution in [0.5, 0.6) is 0 Å². The number of nitrogens with one attached hydrogen (secondary N) is 2. The smallest absolute Gasteiger partial charge is 0.191 e. The van der Waals surface area contributed by atoms with Crippen LogP contribution in [0.3, 0.4) is 0 Å². The van der Waals surface area contributed by atoms with Gasteiger partial charge in [0, 0.05) is 31.9 Å². The molecule has 1 aliphatic carbocycles. The van der Waals surface area contributed by atoms with E-state index in [0.717, 1.165) is 55.8 Å². The largest absolute Gasteiger partial charge is 0.466 e. The third-order valence-electron chi connectivity index (χ3n) is 5.17. The molecule has 0 saturated heterocycles. The maximum atomic E-state index is 5.61. The summed E-state index contributed by atoms with van der Waals surface area (Å²) in [4.78, 5) is 4.75. The first-order valence-electron chi connectivity index (χ1n) is 9.74. The van der Waals surface area contributed by atoms with E-state index in [2.05, 4.69) is 30.5 Å². The molecule has 1 saturated carbocycles. The van der Waals surface area contributed by atoms with Gasteiger partial charge in [-0.25, -0.2) is 4.99 Å². The Bertz CT molecular complexity index is 545. The lowest BCUT2D eigenvalue weighted by atomic mass is 9.83. The lowest BCUT2D eigenvalue weighted by molar-refractivity contribution is 0.105. The highest BCUT2D eigenvalue weighted by atomic mass is 16.5. The molecule has 0 amide bonds. The number of rotatable bonds is 9. The number of aryl methyl sites for hydroxylation is 2. The minimum Gasteiger partial charge on any atom is -0.466 e. The van der Waals surface area contributed by atoms with Crippen LogP contribution in [-0.4, -0.2) is 32.3 Å². The Hall–Kier alpha value is -1.49. The molecule has 1 heterocycles. The summed E-state index contributed by atoms with van der Waals surface area (Å²) in [6.07, 6.45) is 6.36. The molecule has 25 heavy (non-hydrogen) atoms. The monoisotopic (exact) mass is 349 g/mol. The van der Waals surface area contributed by atoms with Crippen molar-refractivity contribution < 1.29 is 9.15 Å². The second-order valence-electron chi connectivity index (χ2n) is 7.14. The van der Waals surface area contributed by atoms with Gasteiger partial charge in [-0.05, 0) is 58.4 Å². The Morgan fingerprint density at radius 2 is 2.00 bits per heavy atom. The maximum Gasteiger partial charge on any atom is 0.191 e. The van der Waals surface area contributed by atoms with Crippen molar-refractivity contribution >= 4 is 5.96 Å². The number of aliphatic imine (C=N–C) groups is 1. The molecule has 5 nitrogen and oxygen atoms in total. The predicted octanol–water partition coefficient (Wildman–Crippen LogP) is 3.94. The van der Waals surface area contributed by atoms with Gasteiger partial charge in [-0.2, -0.15) is 0 Å². The summed E-state index contributed by atoms with van der Waals surface area (Å²) < 4.78 is 11.2. The molecule has 5 heteroatoms. The Morgan fingerprint density at radius 3 is 2.60 bits per heavy atom. The zero-order valence-corrected chi connectivity index (χ0v) is 16.4. The number of hydrogen-bond donors (Lipinski definition) is 2. The zero-order chi connectivity index (χ0) is 18.1. The molecule has 1 fully saturated rings. The molecular weight excluding hydrogens is 314 g/mol. The van der Waals surface area contributed by atoms with Crippen molar-refractivity contribution in [3.8, 4) is 0 Å². The van der Waals surface area contributed by atoms with E-state index < -0.39 is 0 Å². The molecule has 142 valence electrons. The van der Waals surface area contributed by atoms with Crippen LogP contribution in [-0.2, 0) is 11.3 Å². The lowest BCUT2D eigenvalue weighted by Crippen LogP contribution is -2.43. The first kappa shape index (κ1) is 19.8. The number of guanidine groups is 1. The standard InChI is InChI=1S/C20H35N3O2/c1-5-21-19(22-14-18-13-16(3)25-17(18)4)23-15-20(9-7-8-10-20)11-12-24-6-2/h13H,5-12,14-15H2,1-4H3,(H2,21,22,23). The summed E-state index contributed by atoms with van der Waals surface area (Å²) in [6.45, 7) is 12.3. The maximum absolute atomic E-state index is 5.61. The average Bonchev–Trinajstić information content (AvgIpc) is 3.17. The van der Waals surface area contributed by atoms with Crippen LogP contribution in [0, 0.1) is 19.3 Å². The van der Waals surface area contributed by atoms with Crippen molar-refractivity contribution in [2.75, 3.05) is 26.3 Å². The molecule has 2 rings (SSSR count). The lowest BCUT2D eigenvalue weighted by Gasteiger charge is -2.30. The summed E-state index contributed by atoms with van der Waals surface area (Å²) in [5.41, 5.74) is 1.51. The molecular formula is C20H35N3O2. The highest BCUT2D eigenvalue weighted by Crippen LogP contribution is 2.40. The molecule has 0 atom stereocenters. The highest BCUT2D eigenvalue weighted by molar-refractivity contribution is 5.79. The van der Waals surface area contributed by atoms with Gasteiger partial charge in [0.25, 0.3) is 0 Å². The Balaban J connectivity index is 1.94. The van der Waals surface area contributed by atoms with Gasteiger partial charge >= 0.3 is 0 Å². The van der Waals surface area contributed by atoms with Crippen molar-refractivity contribution in [1.82, 2.24) is 10.6 Å². The Labute approximate surface area is 152 Å². The van der Waals surface area contributed by atoms with Crippen LogP contribution >= 0.6 is 0 Å². The van der Waals surface area contributed by atoms with Gasteiger partial charge in [0.15, 0.2) is 5.96 Å². The first-order chi connectivity index (χ1) is 12.1. The van der Waals surface area contributed by atoms with Gasteiger partial charge in [-0.3, -0.25) is 0 Å². The quantitative estimate of drug-likeness (QED) is 0.403. The third kappa shape index (κ3) is 6.07. The van der Waals surface area contributed by atoms with E-state index >= 15 is 0 Å². The van der Waals surface area contributed by atoms with E-state index in [1.807, 2.05) is 13.8 Å². The molecule has 1 aromatic heterocycles. The van der Waals surface area contributed by atoms with Crippen molar-refractivity contribution in [2.24, 2.45) is 10.4 Å². The molecule has 0 bridgehead atoms. The first-order valence-corrected chi connectivity index (χ1v) is 9.74. The van der Waals surface area contributed by atoms with Crippen molar-refractivity contribution in [2.45, 2.75) is 66.3 Å². The van der Waals surface area contributed by atoms with Crippen LogP contribution in [0.15, 0.2) is 15.5 Å². The second-order valence-corrected chi connectivity index (χ2v) is 7.14. The summed E-state index contributed by atoms with van der Waals surface area (Å²) in [5.74, 6) is 2.80. The Kier molecular flexibility index (Phi) is 7.82. The van der Waals surface area contributed by atoms with Gasteiger partial charge < -0.3 is 19.8 Å². The van der Waals surface area contributed by atoms with Crippen molar-refractivity contribution in [3.63, 3.8) is 0 Å². The van der Waals surface area contributed by atoms with Gasteiger partial charge in [-0.15, -0.1) is 0 Å². The van der Waals surface area contributed by atoms with E-state index in [1.54, 1.807) is 0 Å².